The molecule has 75 heavy (non-hydrogen) atoms. The van der Waals surface area contributed by atoms with Crippen molar-refractivity contribution in [3.8, 4) is 0 Å². The summed E-state index contributed by atoms with van der Waals surface area (Å²) in [5.41, 5.74) is 0. The molecule has 0 amide bonds. The lowest BCUT2D eigenvalue weighted by Gasteiger charge is -2.18. The summed E-state index contributed by atoms with van der Waals surface area (Å²) >= 11 is 0. The van der Waals surface area contributed by atoms with Gasteiger partial charge in [-0.2, -0.15) is 0 Å². The first-order chi connectivity index (χ1) is 37.0. The summed E-state index contributed by atoms with van der Waals surface area (Å²) in [6.45, 7) is 6.43. The van der Waals surface area contributed by atoms with Gasteiger partial charge in [0.25, 0.3) is 0 Å². The fourth-order valence-corrected chi connectivity index (χ4v) is 8.90. The maximum atomic E-state index is 12.9. The number of esters is 3. The van der Waals surface area contributed by atoms with E-state index < -0.39 is 6.10 Å². The molecule has 0 heterocycles. The maximum Gasteiger partial charge on any atom is 0.306 e. The first-order valence-corrected chi connectivity index (χ1v) is 31.7. The number of rotatable bonds is 57. The molecule has 0 aliphatic rings. The van der Waals surface area contributed by atoms with Crippen molar-refractivity contribution in [2.45, 2.75) is 309 Å². The summed E-state index contributed by atoms with van der Waals surface area (Å²) < 4.78 is 16.9. The van der Waals surface area contributed by atoms with Crippen LogP contribution in [0.15, 0.2) is 97.2 Å². The molecule has 6 nitrogen and oxygen atoms in total. The summed E-state index contributed by atoms with van der Waals surface area (Å²) in [5, 5.41) is 0. The van der Waals surface area contributed by atoms with E-state index in [2.05, 4.69) is 118 Å². The summed E-state index contributed by atoms with van der Waals surface area (Å²) in [4.78, 5) is 38.3. The average molecular weight is 1040 g/mol. The van der Waals surface area contributed by atoms with Crippen LogP contribution in [0.25, 0.3) is 0 Å². The van der Waals surface area contributed by atoms with E-state index in [9.17, 15) is 14.4 Å². The van der Waals surface area contributed by atoms with E-state index in [1.165, 1.54) is 128 Å². The van der Waals surface area contributed by atoms with Crippen molar-refractivity contribution in [3.63, 3.8) is 0 Å². The molecular formula is C69H118O6. The highest BCUT2D eigenvalue weighted by Gasteiger charge is 2.19. The van der Waals surface area contributed by atoms with Gasteiger partial charge < -0.3 is 14.2 Å². The zero-order valence-corrected chi connectivity index (χ0v) is 49.3. The van der Waals surface area contributed by atoms with Crippen LogP contribution < -0.4 is 0 Å². The van der Waals surface area contributed by atoms with Crippen LogP contribution in [-0.2, 0) is 28.6 Å². The molecule has 6 heteroatoms. The van der Waals surface area contributed by atoms with Crippen LogP contribution in [0.4, 0.5) is 0 Å². The van der Waals surface area contributed by atoms with Gasteiger partial charge in [0.1, 0.15) is 13.2 Å². The number of hydrogen-bond donors (Lipinski definition) is 0. The van der Waals surface area contributed by atoms with Crippen LogP contribution in [-0.4, -0.2) is 37.2 Å². The van der Waals surface area contributed by atoms with Gasteiger partial charge in [0, 0.05) is 19.3 Å². The van der Waals surface area contributed by atoms with Crippen molar-refractivity contribution in [2.75, 3.05) is 13.2 Å². The number of unbranched alkanes of at least 4 members (excludes halogenated alkanes) is 30. The highest BCUT2D eigenvalue weighted by molar-refractivity contribution is 5.71. The van der Waals surface area contributed by atoms with Gasteiger partial charge in [0.15, 0.2) is 6.10 Å². The Balaban J connectivity index is 4.35. The molecule has 1 unspecified atom stereocenters. The third kappa shape index (κ3) is 61.1. The summed E-state index contributed by atoms with van der Waals surface area (Å²) in [6.07, 6.45) is 84.1. The van der Waals surface area contributed by atoms with Crippen LogP contribution in [0.3, 0.4) is 0 Å². The van der Waals surface area contributed by atoms with Gasteiger partial charge in [0.05, 0.1) is 0 Å². The number of carbonyl (C=O) groups excluding carboxylic acids is 3. The minimum Gasteiger partial charge on any atom is -0.462 e. The highest BCUT2D eigenvalue weighted by Crippen LogP contribution is 2.17. The fourth-order valence-electron chi connectivity index (χ4n) is 8.90. The molecule has 0 rings (SSSR count). The molecular weight excluding hydrogens is 925 g/mol. The molecule has 430 valence electrons. The number of hydrogen-bond acceptors (Lipinski definition) is 6. The van der Waals surface area contributed by atoms with E-state index in [1.807, 2.05) is 0 Å². The molecule has 1 atom stereocenters. The van der Waals surface area contributed by atoms with Crippen molar-refractivity contribution in [1.29, 1.82) is 0 Å². The monoisotopic (exact) mass is 1040 g/mol. The van der Waals surface area contributed by atoms with Crippen molar-refractivity contribution in [3.05, 3.63) is 97.2 Å². The fraction of sp³-hybridized carbons (Fsp3) is 0.725. The van der Waals surface area contributed by atoms with Gasteiger partial charge in [-0.3, -0.25) is 14.4 Å². The molecule has 0 N–H and O–H groups in total. The van der Waals surface area contributed by atoms with Gasteiger partial charge in [-0.1, -0.05) is 285 Å². The standard InChI is InChI=1S/C69H118O6/c1-4-7-10-13-16-19-22-25-28-30-31-32-33-34-35-36-37-39-41-44-47-50-53-56-59-62-68(71)74-65-66(64-73-67(70)61-58-55-52-49-46-43-40-27-24-21-18-15-12-9-6-3)75-69(72)63-60-57-54-51-48-45-42-38-29-26-23-20-17-14-11-8-5-2/h7,9-10,12,16,18-19,21,25,27-28,31-32,34-35,40,66H,4-6,8,11,13-15,17,20,22-24,26,29-30,33,36-39,41-65H2,1-3H3/b10-7-,12-9-,19-16-,21-18-,28-25-,32-31-,35-34-,40-27-. The molecule has 0 radical (unpaired) electrons. The predicted molar refractivity (Wildman–Crippen MR) is 325 cm³/mol. The number of carbonyl (C=O) groups is 3. The molecule has 0 aromatic carbocycles. The van der Waals surface area contributed by atoms with Crippen molar-refractivity contribution >= 4 is 17.9 Å². The van der Waals surface area contributed by atoms with E-state index in [1.54, 1.807) is 0 Å². The van der Waals surface area contributed by atoms with Crippen molar-refractivity contribution < 1.29 is 28.6 Å². The smallest absolute Gasteiger partial charge is 0.306 e. The van der Waals surface area contributed by atoms with Gasteiger partial charge in [-0.05, 0) is 96.3 Å². The van der Waals surface area contributed by atoms with E-state index in [-0.39, 0.29) is 31.1 Å². The van der Waals surface area contributed by atoms with E-state index >= 15 is 0 Å². The molecule has 0 aliphatic carbocycles. The van der Waals surface area contributed by atoms with Gasteiger partial charge in [-0.15, -0.1) is 0 Å². The summed E-state index contributed by atoms with van der Waals surface area (Å²) in [5.74, 6) is -0.895. The predicted octanol–water partition coefficient (Wildman–Crippen LogP) is 21.7. The van der Waals surface area contributed by atoms with Crippen molar-refractivity contribution in [2.24, 2.45) is 0 Å². The van der Waals surface area contributed by atoms with Crippen LogP contribution in [0, 0.1) is 0 Å². The van der Waals surface area contributed by atoms with Crippen LogP contribution >= 0.6 is 0 Å². The molecule has 0 bridgehead atoms. The minimum absolute atomic E-state index is 0.0843. The molecule has 0 aromatic heterocycles. The third-order valence-electron chi connectivity index (χ3n) is 13.6. The second-order valence-electron chi connectivity index (χ2n) is 20.9. The molecule has 0 saturated heterocycles. The topological polar surface area (TPSA) is 78.9 Å². The van der Waals surface area contributed by atoms with E-state index in [0.717, 1.165) is 135 Å². The molecule has 0 spiro atoms. The molecule has 0 saturated carbocycles. The maximum absolute atomic E-state index is 12.9. The van der Waals surface area contributed by atoms with Gasteiger partial charge in [-0.25, -0.2) is 0 Å². The quantitative estimate of drug-likeness (QED) is 0.0261. The van der Waals surface area contributed by atoms with E-state index in [0.29, 0.717) is 19.3 Å². The van der Waals surface area contributed by atoms with Gasteiger partial charge >= 0.3 is 17.9 Å². The Morgan fingerprint density at radius 2 is 0.520 bits per heavy atom. The lowest BCUT2D eigenvalue weighted by molar-refractivity contribution is -0.167. The first-order valence-electron chi connectivity index (χ1n) is 31.7. The van der Waals surface area contributed by atoms with Crippen LogP contribution in [0.2, 0.25) is 0 Å². The lowest BCUT2D eigenvalue weighted by atomic mass is 10.0. The summed E-state index contributed by atoms with van der Waals surface area (Å²) in [7, 11) is 0. The highest BCUT2D eigenvalue weighted by atomic mass is 16.6. The lowest BCUT2D eigenvalue weighted by Crippen LogP contribution is -2.30. The zero-order chi connectivity index (χ0) is 54.3. The number of allylic oxidation sites excluding steroid dienone is 16. The largest absolute Gasteiger partial charge is 0.462 e. The second kappa shape index (κ2) is 62.9. The Hall–Kier alpha value is -3.67. The minimum atomic E-state index is -0.787. The van der Waals surface area contributed by atoms with Crippen LogP contribution in [0.1, 0.15) is 303 Å². The molecule has 0 aliphatic heterocycles. The third-order valence-corrected chi connectivity index (χ3v) is 13.6. The first kappa shape index (κ1) is 71.3. The second-order valence-corrected chi connectivity index (χ2v) is 20.9. The Kier molecular flexibility index (Phi) is 59.8. The Bertz CT molecular complexity index is 1480. The number of ether oxygens (including phenoxy) is 3. The normalized spacial score (nSPS) is 12.7. The van der Waals surface area contributed by atoms with Crippen molar-refractivity contribution in [1.82, 2.24) is 0 Å². The Morgan fingerprint density at radius 1 is 0.280 bits per heavy atom. The Morgan fingerprint density at radius 3 is 0.813 bits per heavy atom. The SMILES string of the molecule is CC/C=C\C/C=C\C/C=C\C/C=C\C/C=C\CCCCCCCCCCCC(=O)OCC(COC(=O)CCCCCCC/C=C\C/C=C\C/C=C\CC)OC(=O)CCCCCCCCCCCCCCCCCCC. The van der Waals surface area contributed by atoms with Gasteiger partial charge in [0.2, 0.25) is 0 Å². The van der Waals surface area contributed by atoms with E-state index in [4.69, 9.17) is 14.2 Å². The summed E-state index contributed by atoms with van der Waals surface area (Å²) in [6, 6.07) is 0. The molecule has 0 aromatic rings. The zero-order valence-electron chi connectivity index (χ0n) is 49.3. The van der Waals surface area contributed by atoms with Crippen LogP contribution in [0.5, 0.6) is 0 Å². The Labute approximate surface area is 464 Å². The average Bonchev–Trinajstić information content (AvgIpc) is 3.41. The molecule has 0 fully saturated rings.